The van der Waals surface area contributed by atoms with Crippen LogP contribution in [0, 0.1) is 5.92 Å². The largest absolute Gasteiger partial charge is 0.504 e. The number of ether oxygens (including phenoxy) is 1. The van der Waals surface area contributed by atoms with Gasteiger partial charge in [-0.05, 0) is 43.4 Å². The van der Waals surface area contributed by atoms with Crippen molar-refractivity contribution in [1.29, 1.82) is 0 Å². The first-order valence-electron chi connectivity index (χ1n) is 7.87. The van der Waals surface area contributed by atoms with Gasteiger partial charge in [-0.1, -0.05) is 32.1 Å². The Hall–Kier alpha value is -1.97. The van der Waals surface area contributed by atoms with Crippen molar-refractivity contribution in [2.45, 2.75) is 46.1 Å². The molecule has 0 aliphatic carbocycles. The third-order valence-electron chi connectivity index (χ3n) is 3.57. The molecule has 122 valence electrons. The number of methoxy groups -OCH3 is 1. The number of amides is 1. The summed E-state index contributed by atoms with van der Waals surface area (Å²) in [4.78, 5) is 12.0. The minimum absolute atomic E-state index is 0.00837. The van der Waals surface area contributed by atoms with Crippen LogP contribution in [0.1, 0.15) is 45.1 Å². The van der Waals surface area contributed by atoms with Crippen molar-refractivity contribution in [2.24, 2.45) is 5.92 Å². The number of carbonyl (C=O) groups is 1. The highest BCUT2D eigenvalue weighted by molar-refractivity contribution is 5.78. The van der Waals surface area contributed by atoms with E-state index in [9.17, 15) is 9.90 Å². The first-order chi connectivity index (χ1) is 10.6. The molecule has 4 nitrogen and oxygen atoms in total. The number of phenols is 1. The second-order valence-corrected chi connectivity index (χ2v) is 5.44. The highest BCUT2D eigenvalue weighted by atomic mass is 16.5. The number of allylic oxidation sites excluding steroid dienone is 2. The fourth-order valence-corrected chi connectivity index (χ4v) is 2.15. The SMILES string of the molecule is CC/C=C/CCCC(C)C(=O)NCc1ccc(O)c(OC)c1. The Bertz CT molecular complexity index is 497. The number of hydrogen-bond donors (Lipinski definition) is 2. The Balaban J connectivity index is 2.37. The number of carbonyl (C=O) groups excluding carboxylic acids is 1. The van der Waals surface area contributed by atoms with Crippen molar-refractivity contribution in [3.63, 3.8) is 0 Å². The summed E-state index contributed by atoms with van der Waals surface area (Å²) in [6, 6.07) is 5.08. The molecule has 22 heavy (non-hydrogen) atoms. The number of unbranched alkanes of at least 4 members (excludes halogenated alkanes) is 1. The van der Waals surface area contributed by atoms with E-state index in [1.54, 1.807) is 18.2 Å². The van der Waals surface area contributed by atoms with Crippen LogP contribution >= 0.6 is 0 Å². The Labute approximate surface area is 133 Å². The van der Waals surface area contributed by atoms with Gasteiger partial charge in [0.1, 0.15) is 0 Å². The molecule has 1 atom stereocenters. The number of rotatable bonds is 9. The fourth-order valence-electron chi connectivity index (χ4n) is 2.15. The maximum Gasteiger partial charge on any atom is 0.223 e. The normalized spacial score (nSPS) is 12.3. The molecule has 0 radical (unpaired) electrons. The smallest absolute Gasteiger partial charge is 0.223 e. The van der Waals surface area contributed by atoms with E-state index in [1.807, 2.05) is 6.92 Å². The van der Waals surface area contributed by atoms with E-state index in [0.717, 1.165) is 31.2 Å². The van der Waals surface area contributed by atoms with Crippen molar-refractivity contribution in [1.82, 2.24) is 5.32 Å². The molecule has 0 aromatic heterocycles. The first-order valence-corrected chi connectivity index (χ1v) is 7.87. The van der Waals surface area contributed by atoms with Gasteiger partial charge >= 0.3 is 0 Å². The number of aromatic hydroxyl groups is 1. The highest BCUT2D eigenvalue weighted by Crippen LogP contribution is 2.26. The van der Waals surface area contributed by atoms with Crippen LogP contribution in [0.15, 0.2) is 30.4 Å². The summed E-state index contributed by atoms with van der Waals surface area (Å²) in [6.45, 7) is 4.51. The van der Waals surface area contributed by atoms with Gasteiger partial charge in [0.2, 0.25) is 5.91 Å². The van der Waals surface area contributed by atoms with E-state index in [4.69, 9.17) is 4.74 Å². The Morgan fingerprint density at radius 1 is 1.41 bits per heavy atom. The maximum atomic E-state index is 12.0. The lowest BCUT2D eigenvalue weighted by atomic mass is 10.0. The lowest BCUT2D eigenvalue weighted by Crippen LogP contribution is -2.28. The van der Waals surface area contributed by atoms with E-state index in [-0.39, 0.29) is 17.6 Å². The van der Waals surface area contributed by atoms with Gasteiger partial charge in [0, 0.05) is 12.5 Å². The van der Waals surface area contributed by atoms with Crippen molar-refractivity contribution in [3.05, 3.63) is 35.9 Å². The first kappa shape index (κ1) is 18.1. The highest BCUT2D eigenvalue weighted by Gasteiger charge is 2.12. The van der Waals surface area contributed by atoms with Gasteiger partial charge in [0.15, 0.2) is 11.5 Å². The van der Waals surface area contributed by atoms with Gasteiger partial charge < -0.3 is 15.2 Å². The van der Waals surface area contributed by atoms with Crippen molar-refractivity contribution >= 4 is 5.91 Å². The van der Waals surface area contributed by atoms with E-state index in [1.165, 1.54) is 7.11 Å². The van der Waals surface area contributed by atoms with E-state index < -0.39 is 0 Å². The van der Waals surface area contributed by atoms with Gasteiger partial charge in [-0.3, -0.25) is 4.79 Å². The maximum absolute atomic E-state index is 12.0. The predicted octanol–water partition coefficient (Wildman–Crippen LogP) is 3.79. The standard InChI is InChI=1S/C18H27NO3/c1-4-5-6-7-8-9-14(2)18(21)19-13-15-10-11-16(20)17(12-15)22-3/h5-6,10-12,14,20H,4,7-9,13H2,1-3H3,(H,19,21)/b6-5+. The summed E-state index contributed by atoms with van der Waals surface area (Å²) in [5.74, 6) is 0.592. The summed E-state index contributed by atoms with van der Waals surface area (Å²) in [5, 5.41) is 12.5. The van der Waals surface area contributed by atoms with Crippen LogP contribution in [0.4, 0.5) is 0 Å². The zero-order chi connectivity index (χ0) is 16.4. The second kappa shape index (κ2) is 9.87. The average Bonchev–Trinajstić information content (AvgIpc) is 2.53. The molecule has 0 fully saturated rings. The molecule has 4 heteroatoms. The second-order valence-electron chi connectivity index (χ2n) is 5.44. The zero-order valence-electron chi connectivity index (χ0n) is 13.8. The third-order valence-corrected chi connectivity index (χ3v) is 3.57. The van der Waals surface area contributed by atoms with Crippen LogP contribution in [0.3, 0.4) is 0 Å². The van der Waals surface area contributed by atoms with Gasteiger partial charge in [0.05, 0.1) is 7.11 Å². The summed E-state index contributed by atoms with van der Waals surface area (Å²) >= 11 is 0. The molecule has 1 aromatic carbocycles. The zero-order valence-corrected chi connectivity index (χ0v) is 13.8. The van der Waals surface area contributed by atoms with E-state index in [2.05, 4.69) is 24.4 Å². The van der Waals surface area contributed by atoms with Crippen LogP contribution in [0.2, 0.25) is 0 Å². The van der Waals surface area contributed by atoms with Crippen LogP contribution in [-0.4, -0.2) is 18.1 Å². The molecule has 1 amide bonds. The molecular formula is C18H27NO3. The average molecular weight is 305 g/mol. The molecule has 0 saturated heterocycles. The van der Waals surface area contributed by atoms with Crippen molar-refractivity contribution in [3.8, 4) is 11.5 Å². The van der Waals surface area contributed by atoms with Crippen LogP contribution in [-0.2, 0) is 11.3 Å². The Morgan fingerprint density at radius 3 is 2.86 bits per heavy atom. The summed E-state index contributed by atoms with van der Waals surface area (Å²) in [5.41, 5.74) is 0.904. The fraction of sp³-hybridized carbons (Fsp3) is 0.500. The number of benzene rings is 1. The number of phenolic OH excluding ortho intramolecular Hbond substituents is 1. The molecule has 0 saturated carbocycles. The lowest BCUT2D eigenvalue weighted by Gasteiger charge is -2.12. The van der Waals surface area contributed by atoms with E-state index >= 15 is 0 Å². The summed E-state index contributed by atoms with van der Waals surface area (Å²) in [7, 11) is 1.51. The molecule has 0 aliphatic heterocycles. The van der Waals surface area contributed by atoms with Gasteiger partial charge in [-0.25, -0.2) is 0 Å². The molecule has 0 aliphatic rings. The van der Waals surface area contributed by atoms with E-state index in [0.29, 0.717) is 12.3 Å². The van der Waals surface area contributed by atoms with Crippen LogP contribution < -0.4 is 10.1 Å². The quantitative estimate of drug-likeness (QED) is 0.539. The molecular weight excluding hydrogens is 278 g/mol. The van der Waals surface area contributed by atoms with Gasteiger partial charge in [0.25, 0.3) is 0 Å². The minimum atomic E-state index is 0.00837. The minimum Gasteiger partial charge on any atom is -0.504 e. The number of nitrogens with one attached hydrogen (secondary N) is 1. The Kier molecular flexibility index (Phi) is 8.11. The van der Waals surface area contributed by atoms with Gasteiger partial charge in [-0.2, -0.15) is 0 Å². The molecule has 0 bridgehead atoms. The molecule has 0 spiro atoms. The molecule has 1 aromatic rings. The van der Waals surface area contributed by atoms with Gasteiger partial charge in [-0.15, -0.1) is 0 Å². The van der Waals surface area contributed by atoms with Crippen molar-refractivity contribution < 1.29 is 14.6 Å². The molecule has 2 N–H and O–H groups in total. The third kappa shape index (κ3) is 6.20. The molecule has 1 rings (SSSR count). The van der Waals surface area contributed by atoms with Crippen LogP contribution in [0.5, 0.6) is 11.5 Å². The van der Waals surface area contributed by atoms with Crippen molar-refractivity contribution in [2.75, 3.05) is 7.11 Å². The summed E-state index contributed by atoms with van der Waals surface area (Å²) < 4.78 is 5.06. The monoisotopic (exact) mass is 305 g/mol. The summed E-state index contributed by atoms with van der Waals surface area (Å²) in [6.07, 6.45) is 8.33. The predicted molar refractivity (Wildman–Crippen MR) is 89.0 cm³/mol. The van der Waals surface area contributed by atoms with Crippen LogP contribution in [0.25, 0.3) is 0 Å². The topological polar surface area (TPSA) is 58.6 Å². The number of hydrogen-bond acceptors (Lipinski definition) is 3. The molecule has 0 heterocycles. The molecule has 1 unspecified atom stereocenters. The Morgan fingerprint density at radius 2 is 2.18 bits per heavy atom. The lowest BCUT2D eigenvalue weighted by molar-refractivity contribution is -0.124.